The average Bonchev–Trinajstić information content (AvgIpc) is 3.09. The lowest BCUT2D eigenvalue weighted by Gasteiger charge is -2.20. The van der Waals surface area contributed by atoms with E-state index in [1.165, 1.54) is 31.4 Å². The van der Waals surface area contributed by atoms with Crippen LogP contribution in [0.2, 0.25) is 0 Å². The second-order valence-corrected chi connectivity index (χ2v) is 15.0. The molecule has 2 N–H and O–H groups in total. The smallest absolute Gasteiger partial charge is 0.328 e. The first-order valence-corrected chi connectivity index (χ1v) is 17.8. The number of halogens is 1. The van der Waals surface area contributed by atoms with Gasteiger partial charge in [0.05, 0.1) is 23.3 Å². The largest absolute Gasteiger partial charge is 0.467 e. The van der Waals surface area contributed by atoms with Crippen LogP contribution >= 0.6 is 15.9 Å². The zero-order valence-corrected chi connectivity index (χ0v) is 30.0. The Kier molecular flexibility index (Phi) is 10.9. The summed E-state index contributed by atoms with van der Waals surface area (Å²) in [5.41, 5.74) is 3.51. The van der Waals surface area contributed by atoms with E-state index < -0.39 is 27.9 Å². The molecule has 5 aromatic rings. The number of hydrogen-bond acceptors (Lipinski definition) is 6. The molecule has 0 saturated heterocycles. The van der Waals surface area contributed by atoms with Crippen molar-refractivity contribution in [2.75, 3.05) is 11.8 Å². The summed E-state index contributed by atoms with van der Waals surface area (Å²) in [6.07, 6.45) is 0.135. The molecule has 1 amide bonds. The van der Waals surface area contributed by atoms with Gasteiger partial charge >= 0.3 is 5.97 Å². The summed E-state index contributed by atoms with van der Waals surface area (Å²) >= 11 is 3.37. The lowest BCUT2D eigenvalue weighted by molar-refractivity contribution is -0.142. The molecule has 1 unspecified atom stereocenters. The molecule has 5 aromatic carbocycles. The van der Waals surface area contributed by atoms with E-state index in [4.69, 9.17) is 9.47 Å². The highest BCUT2D eigenvalue weighted by molar-refractivity contribution is 9.10. The predicted octanol–water partition coefficient (Wildman–Crippen LogP) is 8.52. The molecule has 1 atom stereocenters. The Bertz CT molecular complexity index is 2040. The number of carbonyl (C=O) groups is 2. The standard InChI is InChI=1S/C39H37BrN2O6S/c1-39(2,3)28-18-21-31(22-19-28)49(45,46)42-34-23-20-29(40)25-33(34)37(43)41-35(38(44)47-4)24-26-14-16-27(17-15-26)32-12-8-9-13-36(32)48-30-10-6-5-7-11-30/h5-23,25,35,42H,24H2,1-4H3,(H,41,43). The summed E-state index contributed by atoms with van der Waals surface area (Å²) in [5, 5.41) is 2.74. The zero-order chi connectivity index (χ0) is 35.2. The predicted molar refractivity (Wildman–Crippen MR) is 195 cm³/mol. The molecule has 0 aromatic heterocycles. The van der Waals surface area contributed by atoms with E-state index in [1.54, 1.807) is 18.2 Å². The number of amides is 1. The number of nitrogens with one attached hydrogen (secondary N) is 2. The molecule has 0 saturated carbocycles. The van der Waals surface area contributed by atoms with Crippen LogP contribution < -0.4 is 14.8 Å². The first kappa shape index (κ1) is 35.4. The first-order valence-electron chi connectivity index (χ1n) is 15.6. The second-order valence-electron chi connectivity index (χ2n) is 12.4. The number of carbonyl (C=O) groups excluding carboxylic acids is 2. The molecule has 0 bridgehead atoms. The van der Waals surface area contributed by atoms with E-state index in [-0.39, 0.29) is 28.0 Å². The molecule has 0 heterocycles. The SMILES string of the molecule is COC(=O)C(Cc1ccc(-c2ccccc2Oc2ccccc2)cc1)NC(=O)c1cc(Br)ccc1NS(=O)(=O)c1ccc(C(C)(C)C)cc1. The normalized spacial score (nSPS) is 12.1. The van der Waals surface area contributed by atoms with Crippen LogP contribution in [0.25, 0.3) is 11.1 Å². The lowest BCUT2D eigenvalue weighted by Crippen LogP contribution is -2.43. The van der Waals surface area contributed by atoms with Gasteiger partial charge in [-0.1, -0.05) is 109 Å². The van der Waals surface area contributed by atoms with Crippen LogP contribution in [0.5, 0.6) is 11.5 Å². The molecule has 0 aliphatic rings. The molecule has 0 fully saturated rings. The fourth-order valence-corrected chi connectivity index (χ4v) is 6.61. The molecule has 0 spiro atoms. The molecule has 0 radical (unpaired) electrons. The van der Waals surface area contributed by atoms with Gasteiger partial charge in [-0.05, 0) is 70.6 Å². The first-order chi connectivity index (χ1) is 23.3. The fourth-order valence-electron chi connectivity index (χ4n) is 5.17. The number of rotatable bonds is 11. The number of esters is 1. The maximum atomic E-state index is 13.7. The molecule has 8 nitrogen and oxygen atoms in total. The van der Waals surface area contributed by atoms with Crippen LogP contribution in [0.3, 0.4) is 0 Å². The van der Waals surface area contributed by atoms with Crippen molar-refractivity contribution in [1.29, 1.82) is 0 Å². The van der Waals surface area contributed by atoms with Gasteiger partial charge in [-0.2, -0.15) is 0 Å². The van der Waals surface area contributed by atoms with Crippen molar-refractivity contribution in [2.24, 2.45) is 0 Å². The van der Waals surface area contributed by atoms with Gasteiger partial charge in [0.25, 0.3) is 15.9 Å². The number of sulfonamides is 1. The lowest BCUT2D eigenvalue weighted by atomic mass is 9.87. The molecule has 5 rings (SSSR count). The van der Waals surface area contributed by atoms with Gasteiger partial charge in [0.1, 0.15) is 17.5 Å². The van der Waals surface area contributed by atoms with Crippen LogP contribution in [-0.4, -0.2) is 33.4 Å². The maximum Gasteiger partial charge on any atom is 0.328 e. The van der Waals surface area contributed by atoms with Gasteiger partial charge in [0, 0.05) is 16.5 Å². The average molecular weight is 742 g/mol. The summed E-state index contributed by atoms with van der Waals surface area (Å²) in [6.45, 7) is 6.13. The minimum Gasteiger partial charge on any atom is -0.467 e. The Morgan fingerprint density at radius 3 is 2.12 bits per heavy atom. The van der Waals surface area contributed by atoms with Gasteiger partial charge in [0.2, 0.25) is 0 Å². The molecule has 0 aliphatic carbocycles. The van der Waals surface area contributed by atoms with Crippen LogP contribution in [0.4, 0.5) is 5.69 Å². The third-order valence-electron chi connectivity index (χ3n) is 7.86. The summed E-state index contributed by atoms with van der Waals surface area (Å²) in [4.78, 5) is 26.6. The number of anilines is 1. The highest BCUT2D eigenvalue weighted by Crippen LogP contribution is 2.33. The highest BCUT2D eigenvalue weighted by atomic mass is 79.9. The maximum absolute atomic E-state index is 13.7. The minimum absolute atomic E-state index is 0.0311. The van der Waals surface area contributed by atoms with Crippen LogP contribution in [-0.2, 0) is 31.4 Å². The number of hydrogen-bond donors (Lipinski definition) is 2. The molecule has 10 heteroatoms. The van der Waals surface area contributed by atoms with Gasteiger partial charge in [-0.3, -0.25) is 9.52 Å². The van der Waals surface area contributed by atoms with Crippen LogP contribution in [0.1, 0.15) is 42.3 Å². The Morgan fingerprint density at radius 2 is 1.47 bits per heavy atom. The van der Waals surface area contributed by atoms with Crippen molar-refractivity contribution in [3.8, 4) is 22.6 Å². The number of para-hydroxylation sites is 2. The minimum atomic E-state index is -4.04. The summed E-state index contributed by atoms with van der Waals surface area (Å²) in [5.74, 6) is 0.124. The van der Waals surface area contributed by atoms with Crippen molar-refractivity contribution in [2.45, 2.75) is 43.5 Å². The molecular formula is C39H37BrN2O6S. The van der Waals surface area contributed by atoms with E-state index in [9.17, 15) is 18.0 Å². The number of methoxy groups -OCH3 is 1. The monoisotopic (exact) mass is 740 g/mol. The summed E-state index contributed by atoms with van der Waals surface area (Å²) < 4.78 is 40.9. The fraction of sp³-hybridized carbons (Fsp3) is 0.179. The third-order valence-corrected chi connectivity index (χ3v) is 9.73. The van der Waals surface area contributed by atoms with E-state index in [0.717, 1.165) is 28.0 Å². The van der Waals surface area contributed by atoms with Crippen molar-refractivity contribution < 1.29 is 27.5 Å². The van der Waals surface area contributed by atoms with Crippen LogP contribution in [0.15, 0.2) is 131 Å². The molecule has 49 heavy (non-hydrogen) atoms. The van der Waals surface area contributed by atoms with E-state index in [1.807, 2.05) is 99.6 Å². The Hall–Kier alpha value is -4.93. The number of ether oxygens (including phenoxy) is 2. The van der Waals surface area contributed by atoms with Crippen molar-refractivity contribution in [3.63, 3.8) is 0 Å². The summed E-state index contributed by atoms with van der Waals surface area (Å²) in [6, 6.07) is 35.0. The van der Waals surface area contributed by atoms with Crippen LogP contribution in [0, 0.1) is 0 Å². The van der Waals surface area contributed by atoms with Crippen molar-refractivity contribution in [1.82, 2.24) is 5.32 Å². The van der Waals surface area contributed by atoms with Crippen molar-refractivity contribution >= 4 is 43.5 Å². The van der Waals surface area contributed by atoms with Crippen molar-refractivity contribution in [3.05, 3.63) is 142 Å². The highest BCUT2D eigenvalue weighted by Gasteiger charge is 2.26. The molecule has 0 aliphatic heterocycles. The topological polar surface area (TPSA) is 111 Å². The third kappa shape index (κ3) is 8.95. The number of benzene rings is 5. The van der Waals surface area contributed by atoms with E-state index in [2.05, 4.69) is 26.0 Å². The molecule has 252 valence electrons. The summed E-state index contributed by atoms with van der Waals surface area (Å²) in [7, 11) is -2.79. The molecular weight excluding hydrogens is 704 g/mol. The second kappa shape index (κ2) is 15.1. The Morgan fingerprint density at radius 1 is 0.816 bits per heavy atom. The van der Waals surface area contributed by atoms with Gasteiger partial charge in [0.15, 0.2) is 0 Å². The Labute approximate surface area is 295 Å². The van der Waals surface area contributed by atoms with E-state index >= 15 is 0 Å². The van der Waals surface area contributed by atoms with Gasteiger partial charge in [-0.25, -0.2) is 13.2 Å². The van der Waals surface area contributed by atoms with Gasteiger partial charge < -0.3 is 14.8 Å². The van der Waals surface area contributed by atoms with E-state index in [0.29, 0.717) is 10.2 Å². The Balaban J connectivity index is 1.34. The zero-order valence-electron chi connectivity index (χ0n) is 27.6. The van der Waals surface area contributed by atoms with Gasteiger partial charge in [-0.15, -0.1) is 0 Å². The quantitative estimate of drug-likeness (QED) is 0.131.